The molecule has 3 rings (SSSR count). The van der Waals surface area contributed by atoms with Gasteiger partial charge in [-0.15, -0.1) is 23.1 Å². The second-order valence-corrected chi connectivity index (χ2v) is 10.5. The quantitative estimate of drug-likeness (QED) is 0.632. The Bertz CT molecular complexity index is 891. The summed E-state index contributed by atoms with van der Waals surface area (Å²) in [4.78, 5) is 17.7. The molecular weight excluding hydrogens is 418 g/mol. The van der Waals surface area contributed by atoms with Gasteiger partial charge in [0.2, 0.25) is 10.0 Å². The van der Waals surface area contributed by atoms with Gasteiger partial charge in [0.15, 0.2) is 0 Å². The number of morpholine rings is 1. The van der Waals surface area contributed by atoms with E-state index in [1.807, 2.05) is 19.1 Å². The molecule has 0 saturated carbocycles. The van der Waals surface area contributed by atoms with Gasteiger partial charge in [-0.3, -0.25) is 4.79 Å². The smallest absolute Gasteiger partial charge is 0.251 e. The number of rotatable bonds is 8. The molecule has 2 aromatic rings. The first-order valence-corrected chi connectivity index (χ1v) is 12.4. The number of thiazole rings is 1. The molecule has 0 radical (unpaired) electrons. The van der Waals surface area contributed by atoms with Gasteiger partial charge < -0.3 is 10.1 Å². The Hall–Kier alpha value is -1.46. The molecule has 1 N–H and O–H groups in total. The molecule has 0 unspecified atom stereocenters. The molecule has 0 spiro atoms. The van der Waals surface area contributed by atoms with Crippen molar-refractivity contribution in [2.75, 3.05) is 38.6 Å². The zero-order valence-electron chi connectivity index (χ0n) is 15.6. The number of thioether (sulfide) groups is 1. The van der Waals surface area contributed by atoms with Crippen molar-refractivity contribution in [2.45, 2.75) is 17.6 Å². The average Bonchev–Trinajstić information content (AvgIpc) is 3.12. The fourth-order valence-electron chi connectivity index (χ4n) is 2.68. The van der Waals surface area contributed by atoms with Gasteiger partial charge in [0.25, 0.3) is 5.91 Å². The maximum atomic E-state index is 12.3. The third-order valence-electron chi connectivity index (χ3n) is 4.18. The lowest BCUT2D eigenvalue weighted by atomic mass is 10.2. The van der Waals surface area contributed by atoms with E-state index in [1.54, 1.807) is 35.2 Å². The van der Waals surface area contributed by atoms with Gasteiger partial charge in [0.05, 0.1) is 29.7 Å². The van der Waals surface area contributed by atoms with Crippen LogP contribution >= 0.6 is 23.1 Å². The minimum absolute atomic E-state index is 0.0815. The van der Waals surface area contributed by atoms with Crippen LogP contribution in [0.5, 0.6) is 0 Å². The minimum atomic E-state index is -3.37. The molecule has 28 heavy (non-hydrogen) atoms. The van der Waals surface area contributed by atoms with E-state index in [0.717, 1.165) is 21.3 Å². The lowest BCUT2D eigenvalue weighted by Crippen LogP contribution is -2.43. The van der Waals surface area contributed by atoms with Gasteiger partial charge in [-0.2, -0.15) is 4.31 Å². The molecule has 1 aromatic heterocycles. The molecular formula is C18H23N3O4S3. The Balaban J connectivity index is 1.45. The van der Waals surface area contributed by atoms with Crippen LogP contribution < -0.4 is 5.32 Å². The Morgan fingerprint density at radius 3 is 2.64 bits per heavy atom. The summed E-state index contributed by atoms with van der Waals surface area (Å²) < 4.78 is 31.1. The number of nitrogens with zero attached hydrogens (tertiary/aromatic N) is 2. The van der Waals surface area contributed by atoms with Crippen LogP contribution in [0.3, 0.4) is 0 Å². The zero-order valence-corrected chi connectivity index (χ0v) is 18.0. The second-order valence-electron chi connectivity index (χ2n) is 6.25. The van der Waals surface area contributed by atoms with Crippen molar-refractivity contribution in [1.82, 2.24) is 14.6 Å². The normalized spacial score (nSPS) is 15.5. The van der Waals surface area contributed by atoms with Gasteiger partial charge in [-0.25, -0.2) is 13.4 Å². The monoisotopic (exact) mass is 441 g/mol. The molecule has 0 bridgehead atoms. The van der Waals surface area contributed by atoms with E-state index >= 15 is 0 Å². The van der Waals surface area contributed by atoms with Crippen LogP contribution in [0, 0.1) is 6.92 Å². The lowest BCUT2D eigenvalue weighted by molar-refractivity contribution is 0.0730. The zero-order chi connectivity index (χ0) is 20.0. The van der Waals surface area contributed by atoms with Crippen LogP contribution in [-0.4, -0.2) is 62.2 Å². The van der Waals surface area contributed by atoms with Crippen LogP contribution in [0.25, 0.3) is 0 Å². The molecule has 1 aliphatic heterocycles. The number of aromatic nitrogens is 1. The van der Waals surface area contributed by atoms with E-state index in [2.05, 4.69) is 15.7 Å². The Morgan fingerprint density at radius 2 is 2.00 bits per heavy atom. The molecule has 10 heteroatoms. The number of ether oxygens (including phenoxy) is 1. The molecule has 152 valence electrons. The molecule has 1 aromatic carbocycles. The highest BCUT2D eigenvalue weighted by Crippen LogP contribution is 2.23. The second kappa shape index (κ2) is 9.84. The number of hydrogen-bond donors (Lipinski definition) is 1. The molecule has 7 nitrogen and oxygen atoms in total. The molecule has 1 amide bonds. The SMILES string of the molecule is Cc1nc(CSc2ccc(C(=O)NCCS(=O)(=O)N3CCOCC3)cc2)cs1. The van der Waals surface area contributed by atoms with Gasteiger partial charge in [-0.1, -0.05) is 0 Å². The number of hydrogen-bond acceptors (Lipinski definition) is 7. The molecule has 1 saturated heterocycles. The molecule has 1 fully saturated rings. The number of carbonyl (C=O) groups excluding carboxylic acids is 1. The summed E-state index contributed by atoms with van der Waals surface area (Å²) in [7, 11) is -3.37. The highest BCUT2D eigenvalue weighted by Gasteiger charge is 2.24. The molecule has 0 atom stereocenters. The third kappa shape index (κ3) is 6.02. The third-order valence-corrected chi connectivity index (χ3v) is 7.92. The van der Waals surface area contributed by atoms with Crippen molar-refractivity contribution in [1.29, 1.82) is 0 Å². The van der Waals surface area contributed by atoms with Crippen LogP contribution in [0.15, 0.2) is 34.5 Å². The van der Waals surface area contributed by atoms with E-state index in [-0.39, 0.29) is 18.2 Å². The number of sulfonamides is 1. The van der Waals surface area contributed by atoms with Crippen LogP contribution in [0.1, 0.15) is 21.1 Å². The first kappa shape index (κ1) is 21.3. The van der Waals surface area contributed by atoms with Gasteiger partial charge >= 0.3 is 0 Å². The highest BCUT2D eigenvalue weighted by molar-refractivity contribution is 7.98. The Labute approximate surface area is 173 Å². The van der Waals surface area contributed by atoms with E-state index < -0.39 is 10.0 Å². The first-order valence-electron chi connectivity index (χ1n) is 8.92. The van der Waals surface area contributed by atoms with Crippen molar-refractivity contribution in [3.8, 4) is 0 Å². The maximum Gasteiger partial charge on any atom is 0.251 e. The molecule has 2 heterocycles. The van der Waals surface area contributed by atoms with Gasteiger partial charge in [0.1, 0.15) is 0 Å². The van der Waals surface area contributed by atoms with Crippen molar-refractivity contribution < 1.29 is 17.9 Å². The number of amides is 1. The minimum Gasteiger partial charge on any atom is -0.379 e. The summed E-state index contributed by atoms with van der Waals surface area (Å²) in [6.45, 7) is 3.64. The number of nitrogens with one attached hydrogen (secondary N) is 1. The van der Waals surface area contributed by atoms with Crippen LogP contribution in [-0.2, 0) is 20.5 Å². The van der Waals surface area contributed by atoms with E-state index in [0.29, 0.717) is 31.9 Å². The topological polar surface area (TPSA) is 88.6 Å². The Kier molecular flexibility index (Phi) is 7.47. The number of aryl methyl sites for hydroxylation is 1. The highest BCUT2D eigenvalue weighted by atomic mass is 32.2. The number of carbonyl (C=O) groups is 1. The average molecular weight is 442 g/mol. The van der Waals surface area contributed by atoms with E-state index in [9.17, 15) is 13.2 Å². The lowest BCUT2D eigenvalue weighted by Gasteiger charge is -2.26. The van der Waals surface area contributed by atoms with Crippen molar-refractivity contribution in [3.05, 3.63) is 45.9 Å². The van der Waals surface area contributed by atoms with Gasteiger partial charge in [-0.05, 0) is 31.2 Å². The van der Waals surface area contributed by atoms with Crippen molar-refractivity contribution >= 4 is 39.0 Å². The van der Waals surface area contributed by atoms with Crippen molar-refractivity contribution in [2.24, 2.45) is 0 Å². The van der Waals surface area contributed by atoms with Gasteiger partial charge in [0, 0.05) is 41.2 Å². The summed E-state index contributed by atoms with van der Waals surface area (Å²) in [5.41, 5.74) is 1.56. The summed E-state index contributed by atoms with van der Waals surface area (Å²) in [6, 6.07) is 7.29. The standard InChI is InChI=1S/C18H23N3O4S3/c1-14-20-16(12-26-14)13-27-17-4-2-15(3-5-17)18(22)19-6-11-28(23,24)21-7-9-25-10-8-21/h2-5,12H,6-11,13H2,1H3,(H,19,22). The van der Waals surface area contributed by atoms with Crippen molar-refractivity contribution in [3.63, 3.8) is 0 Å². The fourth-order valence-corrected chi connectivity index (χ4v) is 5.52. The summed E-state index contributed by atoms with van der Waals surface area (Å²) in [6.07, 6.45) is 0. The summed E-state index contributed by atoms with van der Waals surface area (Å²) >= 11 is 3.30. The molecule has 1 aliphatic rings. The first-order chi connectivity index (χ1) is 13.4. The number of benzene rings is 1. The summed E-state index contributed by atoms with van der Waals surface area (Å²) in [5, 5.41) is 5.79. The maximum absolute atomic E-state index is 12.3. The van der Waals surface area contributed by atoms with E-state index in [1.165, 1.54) is 4.31 Å². The summed E-state index contributed by atoms with van der Waals surface area (Å²) in [5.74, 6) is 0.401. The molecule has 0 aliphatic carbocycles. The predicted molar refractivity (Wildman–Crippen MR) is 111 cm³/mol. The van der Waals surface area contributed by atoms with E-state index in [4.69, 9.17) is 4.74 Å². The van der Waals surface area contributed by atoms with Crippen LogP contribution in [0.4, 0.5) is 0 Å². The fraction of sp³-hybridized carbons (Fsp3) is 0.444. The van der Waals surface area contributed by atoms with Crippen LogP contribution in [0.2, 0.25) is 0 Å². The Morgan fingerprint density at radius 1 is 1.29 bits per heavy atom. The largest absolute Gasteiger partial charge is 0.379 e. The predicted octanol–water partition coefficient (Wildman–Crippen LogP) is 2.14.